The molecule has 0 atom stereocenters. The Hall–Kier alpha value is -2.66. The first-order valence-corrected chi connectivity index (χ1v) is 9.15. The van der Waals surface area contributed by atoms with Crippen LogP contribution >= 0.6 is 11.3 Å². The number of carbonyl (C=O) groups is 1. The summed E-state index contributed by atoms with van der Waals surface area (Å²) in [5.41, 5.74) is 3.18. The molecule has 5 heteroatoms. The molecule has 25 heavy (non-hydrogen) atoms. The Bertz CT molecular complexity index is 813. The van der Waals surface area contributed by atoms with E-state index in [2.05, 4.69) is 17.2 Å². The molecule has 1 N–H and O–H groups in total. The normalized spacial score (nSPS) is 10.4. The number of hydrogen-bond donors (Lipinski definition) is 1. The molecule has 128 valence electrons. The highest BCUT2D eigenvalue weighted by Crippen LogP contribution is 2.24. The van der Waals surface area contributed by atoms with Crippen LogP contribution in [0.5, 0.6) is 5.75 Å². The van der Waals surface area contributed by atoms with Crippen molar-refractivity contribution < 1.29 is 9.53 Å². The minimum absolute atomic E-state index is 0.0980. The van der Waals surface area contributed by atoms with Gasteiger partial charge in [-0.15, -0.1) is 11.3 Å². The molecule has 3 rings (SSSR count). The Labute approximate surface area is 151 Å². The van der Waals surface area contributed by atoms with Crippen molar-refractivity contribution in [3.8, 4) is 17.0 Å². The van der Waals surface area contributed by atoms with Crippen molar-refractivity contribution in [2.45, 2.75) is 19.8 Å². The van der Waals surface area contributed by atoms with Crippen molar-refractivity contribution in [2.75, 3.05) is 11.9 Å². The zero-order valence-corrected chi connectivity index (χ0v) is 14.9. The van der Waals surface area contributed by atoms with Gasteiger partial charge in [0.1, 0.15) is 5.75 Å². The summed E-state index contributed by atoms with van der Waals surface area (Å²) in [7, 11) is 0. The largest absolute Gasteiger partial charge is 0.493 e. The number of ether oxygens (including phenoxy) is 1. The number of hydrogen-bond acceptors (Lipinski definition) is 4. The molecular weight excluding hydrogens is 332 g/mol. The van der Waals surface area contributed by atoms with Crippen LogP contribution in [-0.4, -0.2) is 17.5 Å². The lowest BCUT2D eigenvalue weighted by Crippen LogP contribution is -2.15. The van der Waals surface area contributed by atoms with Crippen molar-refractivity contribution in [3.63, 3.8) is 0 Å². The smallest absolute Gasteiger partial charge is 0.229 e. The summed E-state index contributed by atoms with van der Waals surface area (Å²) in [5, 5.41) is 5.37. The second-order valence-electron chi connectivity index (χ2n) is 5.55. The van der Waals surface area contributed by atoms with Crippen molar-refractivity contribution in [3.05, 3.63) is 65.5 Å². The highest BCUT2D eigenvalue weighted by atomic mass is 32.1. The van der Waals surface area contributed by atoms with E-state index in [-0.39, 0.29) is 12.3 Å². The first-order valence-electron chi connectivity index (χ1n) is 8.27. The molecule has 1 amide bonds. The highest BCUT2D eigenvalue weighted by Gasteiger charge is 2.08. The zero-order chi connectivity index (χ0) is 17.5. The van der Waals surface area contributed by atoms with Crippen LogP contribution in [0, 0.1) is 0 Å². The Morgan fingerprint density at radius 2 is 1.88 bits per heavy atom. The van der Waals surface area contributed by atoms with Crippen LogP contribution < -0.4 is 10.1 Å². The van der Waals surface area contributed by atoms with Gasteiger partial charge in [0.15, 0.2) is 5.13 Å². The molecule has 0 saturated heterocycles. The molecule has 0 aliphatic heterocycles. The van der Waals surface area contributed by atoms with E-state index < -0.39 is 0 Å². The third-order valence-electron chi connectivity index (χ3n) is 3.75. The predicted octanol–water partition coefficient (Wildman–Crippen LogP) is 4.78. The van der Waals surface area contributed by atoms with Crippen LogP contribution in [-0.2, 0) is 11.2 Å². The molecule has 0 spiro atoms. The molecule has 0 unspecified atom stereocenters. The van der Waals surface area contributed by atoms with Crippen LogP contribution in [0.3, 0.4) is 0 Å². The van der Waals surface area contributed by atoms with E-state index in [9.17, 15) is 4.79 Å². The van der Waals surface area contributed by atoms with Gasteiger partial charge in [0.05, 0.1) is 18.7 Å². The van der Waals surface area contributed by atoms with Gasteiger partial charge in [-0.2, -0.15) is 0 Å². The number of rotatable bonds is 7. The standard InChI is InChI=1S/C20H20N2O2S/c1-2-15-8-10-17(11-9-15)24-13-12-19(23)22-20-21-18(14-25-20)16-6-4-3-5-7-16/h3-11,14H,2,12-13H2,1H3,(H,21,22,23). The van der Waals surface area contributed by atoms with Gasteiger partial charge in [0.25, 0.3) is 0 Å². The molecule has 2 aromatic carbocycles. The van der Waals surface area contributed by atoms with Crippen LogP contribution in [0.25, 0.3) is 11.3 Å². The van der Waals surface area contributed by atoms with E-state index in [0.29, 0.717) is 11.7 Å². The Morgan fingerprint density at radius 3 is 2.60 bits per heavy atom. The number of nitrogens with one attached hydrogen (secondary N) is 1. The molecule has 0 aliphatic rings. The molecule has 1 aromatic heterocycles. The quantitative estimate of drug-likeness (QED) is 0.666. The van der Waals surface area contributed by atoms with Crippen molar-refractivity contribution >= 4 is 22.4 Å². The van der Waals surface area contributed by atoms with Gasteiger partial charge in [-0.05, 0) is 24.1 Å². The maximum Gasteiger partial charge on any atom is 0.229 e. The topological polar surface area (TPSA) is 51.2 Å². The van der Waals surface area contributed by atoms with Crippen LogP contribution in [0.4, 0.5) is 5.13 Å². The summed E-state index contributed by atoms with van der Waals surface area (Å²) >= 11 is 1.42. The maximum atomic E-state index is 12.0. The molecule has 0 aliphatic carbocycles. The molecule has 1 heterocycles. The highest BCUT2D eigenvalue weighted by molar-refractivity contribution is 7.14. The minimum Gasteiger partial charge on any atom is -0.493 e. The summed E-state index contributed by atoms with van der Waals surface area (Å²) in [6, 6.07) is 17.8. The SMILES string of the molecule is CCc1ccc(OCCC(=O)Nc2nc(-c3ccccc3)cs2)cc1. The van der Waals surface area contributed by atoms with Gasteiger partial charge >= 0.3 is 0 Å². The van der Waals surface area contributed by atoms with Gasteiger partial charge in [-0.1, -0.05) is 49.4 Å². The van der Waals surface area contributed by atoms with E-state index in [4.69, 9.17) is 4.74 Å². The Kier molecular flexibility index (Phi) is 5.80. The molecular formula is C20H20N2O2S. The van der Waals surface area contributed by atoms with Crippen molar-refractivity contribution in [1.82, 2.24) is 4.98 Å². The zero-order valence-electron chi connectivity index (χ0n) is 14.1. The van der Waals surface area contributed by atoms with E-state index in [1.54, 1.807) is 0 Å². The minimum atomic E-state index is -0.0980. The number of benzene rings is 2. The van der Waals surface area contributed by atoms with Gasteiger partial charge in [-0.25, -0.2) is 4.98 Å². The lowest BCUT2D eigenvalue weighted by Gasteiger charge is -2.06. The molecule has 0 bridgehead atoms. The number of anilines is 1. The average molecular weight is 352 g/mol. The van der Waals surface area contributed by atoms with Gasteiger partial charge in [0.2, 0.25) is 5.91 Å². The number of aromatic nitrogens is 1. The summed E-state index contributed by atoms with van der Waals surface area (Å²) in [6.45, 7) is 2.45. The van der Waals surface area contributed by atoms with Crippen molar-refractivity contribution in [1.29, 1.82) is 0 Å². The van der Waals surface area contributed by atoms with Gasteiger partial charge in [0, 0.05) is 10.9 Å². The lowest BCUT2D eigenvalue weighted by molar-refractivity contribution is -0.116. The van der Waals surface area contributed by atoms with E-state index >= 15 is 0 Å². The number of amides is 1. The molecule has 0 radical (unpaired) electrons. The Morgan fingerprint density at radius 1 is 1.12 bits per heavy atom. The number of nitrogens with zero attached hydrogens (tertiary/aromatic N) is 1. The van der Waals surface area contributed by atoms with E-state index in [0.717, 1.165) is 23.4 Å². The third kappa shape index (κ3) is 4.90. The monoisotopic (exact) mass is 352 g/mol. The number of carbonyl (C=O) groups excluding carboxylic acids is 1. The van der Waals surface area contributed by atoms with E-state index in [1.165, 1.54) is 16.9 Å². The summed E-state index contributed by atoms with van der Waals surface area (Å²) < 4.78 is 5.61. The summed E-state index contributed by atoms with van der Waals surface area (Å²) in [6.07, 6.45) is 1.29. The van der Waals surface area contributed by atoms with E-state index in [1.807, 2.05) is 60.0 Å². The fourth-order valence-corrected chi connectivity index (χ4v) is 3.07. The molecule has 3 aromatic rings. The van der Waals surface area contributed by atoms with Gasteiger partial charge < -0.3 is 10.1 Å². The first-order chi connectivity index (χ1) is 12.2. The maximum absolute atomic E-state index is 12.0. The Balaban J connectivity index is 1.47. The van der Waals surface area contributed by atoms with Crippen molar-refractivity contribution in [2.24, 2.45) is 0 Å². The molecule has 4 nitrogen and oxygen atoms in total. The number of thiazole rings is 1. The fraction of sp³-hybridized carbons (Fsp3) is 0.200. The lowest BCUT2D eigenvalue weighted by atomic mass is 10.2. The second kappa shape index (κ2) is 8.44. The first kappa shape index (κ1) is 17.2. The van der Waals surface area contributed by atoms with Crippen LogP contribution in [0.2, 0.25) is 0 Å². The third-order valence-corrected chi connectivity index (χ3v) is 4.51. The average Bonchev–Trinajstić information content (AvgIpc) is 3.11. The van der Waals surface area contributed by atoms with Gasteiger partial charge in [-0.3, -0.25) is 4.79 Å². The van der Waals surface area contributed by atoms with Crippen LogP contribution in [0.1, 0.15) is 18.9 Å². The fourth-order valence-electron chi connectivity index (χ4n) is 2.34. The number of aryl methyl sites for hydroxylation is 1. The second-order valence-corrected chi connectivity index (χ2v) is 6.41. The van der Waals surface area contributed by atoms with Crippen LogP contribution in [0.15, 0.2) is 60.0 Å². The molecule has 0 fully saturated rings. The predicted molar refractivity (Wildman–Crippen MR) is 102 cm³/mol. The summed E-state index contributed by atoms with van der Waals surface area (Å²) in [5.74, 6) is 0.685. The molecule has 0 saturated carbocycles. The summed E-state index contributed by atoms with van der Waals surface area (Å²) in [4.78, 5) is 16.5.